The first kappa shape index (κ1) is 33.1. The number of aliphatic hydroxyl groups excluding tert-OH is 2. The van der Waals surface area contributed by atoms with E-state index in [9.17, 15) is 15.3 Å². The van der Waals surface area contributed by atoms with Crippen LogP contribution in [0.15, 0.2) is 54.6 Å². The molecule has 0 spiro atoms. The van der Waals surface area contributed by atoms with Crippen molar-refractivity contribution < 1.29 is 39.0 Å². The Morgan fingerprint density at radius 1 is 0.792 bits per heavy atom. The third-order valence-electron chi connectivity index (χ3n) is 10.8. The summed E-state index contributed by atoms with van der Waals surface area (Å²) in [6.07, 6.45) is 10.2. The summed E-state index contributed by atoms with van der Waals surface area (Å²) in [5, 5.41) is 34.5. The fourth-order valence-corrected chi connectivity index (χ4v) is 8.34. The van der Waals surface area contributed by atoms with E-state index in [4.69, 9.17) is 23.7 Å². The van der Waals surface area contributed by atoms with Crippen LogP contribution in [-0.4, -0.2) is 54.0 Å². The largest absolute Gasteiger partial charge is 0.508 e. The van der Waals surface area contributed by atoms with E-state index in [1.807, 2.05) is 42.5 Å². The summed E-state index contributed by atoms with van der Waals surface area (Å²) in [4.78, 5) is 0. The molecule has 3 aromatic carbocycles. The van der Waals surface area contributed by atoms with Crippen LogP contribution in [0.5, 0.6) is 28.7 Å². The van der Waals surface area contributed by atoms with Gasteiger partial charge in [0.2, 0.25) is 0 Å². The average Bonchev–Trinajstić information content (AvgIpc) is 3.60. The summed E-state index contributed by atoms with van der Waals surface area (Å²) in [6, 6.07) is 17.0. The summed E-state index contributed by atoms with van der Waals surface area (Å²) in [7, 11) is 1.69. The Morgan fingerprint density at radius 2 is 1.52 bits per heavy atom. The van der Waals surface area contributed by atoms with E-state index in [1.54, 1.807) is 19.2 Å². The molecule has 7 rings (SSSR count). The van der Waals surface area contributed by atoms with Gasteiger partial charge < -0.3 is 39.0 Å². The summed E-state index contributed by atoms with van der Waals surface area (Å²) in [5.41, 5.74) is 3.19. The van der Waals surface area contributed by atoms with Crippen molar-refractivity contribution >= 4 is 0 Å². The van der Waals surface area contributed by atoms with Crippen LogP contribution in [0.4, 0.5) is 0 Å². The minimum absolute atomic E-state index is 0.148. The smallest absolute Gasteiger partial charge is 0.128 e. The van der Waals surface area contributed by atoms with Crippen molar-refractivity contribution in [1.29, 1.82) is 0 Å². The van der Waals surface area contributed by atoms with Gasteiger partial charge in [-0.25, -0.2) is 0 Å². The second kappa shape index (κ2) is 15.0. The second-order valence-corrected chi connectivity index (χ2v) is 14.2. The van der Waals surface area contributed by atoms with Crippen molar-refractivity contribution in [1.82, 2.24) is 0 Å². The van der Waals surface area contributed by atoms with Crippen LogP contribution in [0.25, 0.3) is 0 Å². The number of aliphatic hydroxyl groups is 2. The summed E-state index contributed by atoms with van der Waals surface area (Å²) >= 11 is 0. The van der Waals surface area contributed by atoms with Gasteiger partial charge in [-0.1, -0.05) is 18.6 Å². The van der Waals surface area contributed by atoms with Crippen molar-refractivity contribution in [2.45, 2.75) is 108 Å². The molecule has 4 aliphatic rings. The molecular formula is C40H50O8. The minimum atomic E-state index is -0.916. The van der Waals surface area contributed by atoms with Gasteiger partial charge in [0, 0.05) is 48.7 Å². The zero-order chi connectivity index (χ0) is 33.0. The zero-order valence-corrected chi connectivity index (χ0v) is 28.0. The van der Waals surface area contributed by atoms with Crippen molar-refractivity contribution in [2.24, 2.45) is 11.8 Å². The van der Waals surface area contributed by atoms with Crippen LogP contribution in [0.1, 0.15) is 105 Å². The number of phenols is 1. The lowest BCUT2D eigenvalue weighted by molar-refractivity contribution is -0.0890. The predicted molar refractivity (Wildman–Crippen MR) is 182 cm³/mol. The van der Waals surface area contributed by atoms with E-state index in [-0.39, 0.29) is 30.7 Å². The number of hydrogen-bond donors (Lipinski definition) is 3. The highest BCUT2D eigenvalue weighted by molar-refractivity contribution is 5.52. The highest BCUT2D eigenvalue weighted by Crippen LogP contribution is 2.51. The number of benzene rings is 3. The molecule has 2 heterocycles. The van der Waals surface area contributed by atoms with Crippen LogP contribution in [0.3, 0.4) is 0 Å². The molecule has 8 nitrogen and oxygen atoms in total. The van der Waals surface area contributed by atoms with Gasteiger partial charge in [-0.05, 0) is 112 Å². The van der Waals surface area contributed by atoms with Crippen LogP contribution in [0, 0.1) is 11.8 Å². The molecule has 2 saturated carbocycles. The summed E-state index contributed by atoms with van der Waals surface area (Å²) in [5.74, 6) is 2.10. The first-order valence-electron chi connectivity index (χ1n) is 18.0. The fourth-order valence-electron chi connectivity index (χ4n) is 8.34. The van der Waals surface area contributed by atoms with Crippen molar-refractivity contribution in [3.05, 3.63) is 76.9 Å². The molecular weight excluding hydrogens is 608 g/mol. The molecule has 0 unspecified atom stereocenters. The molecule has 8 heteroatoms. The highest BCUT2D eigenvalue weighted by atomic mass is 16.5. The lowest BCUT2D eigenvalue weighted by Gasteiger charge is -2.45. The normalized spacial score (nSPS) is 25.9. The van der Waals surface area contributed by atoms with E-state index in [1.165, 1.54) is 19.3 Å². The number of fused-ring (bicyclic) bond motifs is 2. The molecule has 2 aliphatic carbocycles. The third kappa shape index (κ3) is 7.26. The first-order valence-corrected chi connectivity index (χ1v) is 18.0. The van der Waals surface area contributed by atoms with Gasteiger partial charge in [-0.3, -0.25) is 0 Å². The van der Waals surface area contributed by atoms with E-state index < -0.39 is 24.0 Å². The SMILES string of the molecule is COCCC[C@@H]1Oc2ccc(OC3CCCCC3)cc2[C@H](O)[C@@H]1[C@@H]1COc2c(Cc3cccc(O)c3)cc(OC3CCCC3)cc2[C@H]1O. The van der Waals surface area contributed by atoms with Gasteiger partial charge >= 0.3 is 0 Å². The second-order valence-electron chi connectivity index (χ2n) is 14.2. The fraction of sp³-hybridized carbons (Fsp3) is 0.550. The van der Waals surface area contributed by atoms with Gasteiger partial charge in [0.15, 0.2) is 0 Å². The van der Waals surface area contributed by atoms with Gasteiger partial charge in [-0.2, -0.15) is 0 Å². The van der Waals surface area contributed by atoms with E-state index in [0.29, 0.717) is 47.8 Å². The lowest BCUT2D eigenvalue weighted by atomic mass is 9.72. The Hall–Kier alpha value is -3.46. The number of rotatable bonds is 11. The molecule has 0 aromatic heterocycles. The molecule has 0 radical (unpaired) electrons. The van der Waals surface area contributed by atoms with Crippen molar-refractivity contribution in [3.63, 3.8) is 0 Å². The quantitative estimate of drug-likeness (QED) is 0.181. The summed E-state index contributed by atoms with van der Waals surface area (Å²) < 4.78 is 31.4. The van der Waals surface area contributed by atoms with Gasteiger partial charge in [0.05, 0.1) is 31.0 Å². The first-order chi connectivity index (χ1) is 23.5. The lowest BCUT2D eigenvalue weighted by Crippen LogP contribution is -2.46. The van der Waals surface area contributed by atoms with Gasteiger partial charge in [0.1, 0.15) is 34.9 Å². The Balaban J connectivity index is 1.20. The Labute approximate surface area is 284 Å². The minimum Gasteiger partial charge on any atom is -0.508 e. The molecule has 3 aromatic rings. The molecule has 258 valence electrons. The number of hydrogen-bond acceptors (Lipinski definition) is 8. The Bertz CT molecular complexity index is 1530. The van der Waals surface area contributed by atoms with Crippen LogP contribution in [-0.2, 0) is 11.2 Å². The molecule has 48 heavy (non-hydrogen) atoms. The Morgan fingerprint density at radius 3 is 2.27 bits per heavy atom. The maximum Gasteiger partial charge on any atom is 0.128 e. The maximum absolute atomic E-state index is 12.2. The van der Waals surface area contributed by atoms with Crippen molar-refractivity contribution in [2.75, 3.05) is 20.3 Å². The summed E-state index contributed by atoms with van der Waals surface area (Å²) in [6.45, 7) is 0.806. The van der Waals surface area contributed by atoms with Gasteiger partial charge in [-0.15, -0.1) is 0 Å². The number of aromatic hydroxyl groups is 1. The monoisotopic (exact) mass is 658 g/mol. The predicted octanol–water partition coefficient (Wildman–Crippen LogP) is 7.60. The highest BCUT2D eigenvalue weighted by Gasteiger charge is 2.47. The molecule has 0 bridgehead atoms. The van der Waals surface area contributed by atoms with E-state index >= 15 is 0 Å². The van der Waals surface area contributed by atoms with Crippen molar-refractivity contribution in [3.8, 4) is 28.7 Å². The topological polar surface area (TPSA) is 107 Å². The molecule has 0 amide bonds. The molecule has 0 saturated heterocycles. The van der Waals surface area contributed by atoms with Crippen LogP contribution >= 0.6 is 0 Å². The van der Waals surface area contributed by atoms with Crippen LogP contribution < -0.4 is 18.9 Å². The molecule has 2 fully saturated rings. The van der Waals surface area contributed by atoms with E-state index in [2.05, 4.69) is 0 Å². The molecule has 5 atom stereocenters. The van der Waals surface area contributed by atoms with Crippen LogP contribution in [0.2, 0.25) is 0 Å². The van der Waals surface area contributed by atoms with Gasteiger partial charge in [0.25, 0.3) is 0 Å². The number of methoxy groups -OCH3 is 1. The number of phenolic OH excluding ortho intramolecular Hbond substituents is 1. The maximum atomic E-state index is 12.2. The zero-order valence-electron chi connectivity index (χ0n) is 28.0. The third-order valence-corrected chi connectivity index (χ3v) is 10.8. The standard InChI is InChI=1S/C40H50O8/c1-44-18-8-15-36-37(39(43)32-22-30(16-17-35(32)48-36)46-28-11-3-2-4-12-28)34-24-45-40-26(19-25-9-7-10-27(41)20-25)21-31(23-33(40)38(34)42)47-29-13-5-6-14-29/h7,9-10,16-17,20-23,28-29,34,36-39,41-43H,2-6,8,11-15,18-19,24H2,1H3/t34-,36-,37+,38+,39-/m0/s1. The molecule has 3 N–H and O–H groups in total. The average molecular weight is 659 g/mol. The number of ether oxygens (including phenoxy) is 5. The Kier molecular flexibility index (Phi) is 10.3. The molecule has 2 aliphatic heterocycles. The van der Waals surface area contributed by atoms with E-state index in [0.717, 1.165) is 61.8 Å².